The maximum atomic E-state index is 8.71. The van der Waals surface area contributed by atoms with Crippen molar-refractivity contribution in [2.24, 2.45) is 0 Å². The van der Waals surface area contributed by atoms with Crippen LogP contribution < -0.4 is 5.32 Å². The third kappa shape index (κ3) is 4.36. The molecule has 0 aliphatic rings. The van der Waals surface area contributed by atoms with Crippen LogP contribution in [0.25, 0.3) is 10.9 Å². The fourth-order valence-electron chi connectivity index (χ4n) is 2.27. The molecule has 0 amide bonds. The highest BCUT2D eigenvalue weighted by atomic mass is 35.5. The van der Waals surface area contributed by atoms with Crippen LogP contribution in [-0.4, -0.2) is 23.2 Å². The lowest BCUT2D eigenvalue weighted by Gasteiger charge is -2.09. The molecular weight excluding hydrogens is 272 g/mol. The molecule has 1 aromatic carbocycles. The van der Waals surface area contributed by atoms with Crippen molar-refractivity contribution in [2.45, 2.75) is 32.1 Å². The lowest BCUT2D eigenvalue weighted by atomic mass is 10.1. The smallest absolute Gasteiger partial charge is 0.0737 e. The molecular formula is C16H21ClN2O. The van der Waals surface area contributed by atoms with Gasteiger partial charge in [0.25, 0.3) is 0 Å². The molecule has 108 valence electrons. The minimum atomic E-state index is 0.309. The van der Waals surface area contributed by atoms with Gasteiger partial charge >= 0.3 is 0 Å². The summed E-state index contributed by atoms with van der Waals surface area (Å²) in [4.78, 5) is 4.33. The molecule has 0 aliphatic heterocycles. The predicted octanol–water partition coefficient (Wildman–Crippen LogP) is 4.24. The summed E-state index contributed by atoms with van der Waals surface area (Å²) >= 11 is 5.98. The summed E-state index contributed by atoms with van der Waals surface area (Å²) in [5.74, 6) is 0. The van der Waals surface area contributed by atoms with Crippen LogP contribution in [0.2, 0.25) is 5.02 Å². The largest absolute Gasteiger partial charge is 0.396 e. The Morgan fingerprint density at radius 2 is 1.85 bits per heavy atom. The molecule has 0 spiro atoms. The summed E-state index contributed by atoms with van der Waals surface area (Å²) < 4.78 is 0. The first-order chi connectivity index (χ1) is 9.81. The number of nitrogens with one attached hydrogen (secondary N) is 1. The van der Waals surface area contributed by atoms with Gasteiger partial charge in [0, 0.05) is 35.4 Å². The zero-order valence-corrected chi connectivity index (χ0v) is 12.4. The number of fused-ring (bicyclic) bond motifs is 1. The summed E-state index contributed by atoms with van der Waals surface area (Å²) in [6.45, 7) is 1.27. The summed E-state index contributed by atoms with van der Waals surface area (Å²) in [5.41, 5.74) is 2.03. The Kier molecular flexibility index (Phi) is 6.09. The second-order valence-electron chi connectivity index (χ2n) is 4.94. The Bertz CT molecular complexity index is 545. The monoisotopic (exact) mass is 292 g/mol. The molecule has 0 atom stereocenters. The quantitative estimate of drug-likeness (QED) is 0.715. The Labute approximate surface area is 125 Å². The van der Waals surface area contributed by atoms with Crippen molar-refractivity contribution < 1.29 is 5.11 Å². The highest BCUT2D eigenvalue weighted by molar-refractivity contribution is 6.31. The lowest BCUT2D eigenvalue weighted by molar-refractivity contribution is 0.282. The van der Waals surface area contributed by atoms with Crippen molar-refractivity contribution in [3.05, 3.63) is 35.5 Å². The second-order valence-corrected chi connectivity index (χ2v) is 5.37. The fraction of sp³-hybridized carbons (Fsp3) is 0.438. The Balaban J connectivity index is 1.84. The average Bonchev–Trinajstić information content (AvgIpc) is 2.46. The van der Waals surface area contributed by atoms with Gasteiger partial charge < -0.3 is 10.4 Å². The molecule has 1 heterocycles. The van der Waals surface area contributed by atoms with Crippen molar-refractivity contribution in [1.82, 2.24) is 4.98 Å². The van der Waals surface area contributed by atoms with Gasteiger partial charge in [0.15, 0.2) is 0 Å². The molecule has 0 unspecified atom stereocenters. The van der Waals surface area contributed by atoms with Gasteiger partial charge in [0.1, 0.15) is 0 Å². The van der Waals surface area contributed by atoms with E-state index in [-0.39, 0.29) is 0 Å². The third-order valence-corrected chi connectivity index (χ3v) is 3.59. The maximum absolute atomic E-state index is 8.71. The molecule has 0 saturated carbocycles. The van der Waals surface area contributed by atoms with E-state index >= 15 is 0 Å². The Hall–Kier alpha value is -1.32. The van der Waals surface area contributed by atoms with E-state index in [2.05, 4.69) is 10.3 Å². The molecule has 2 N–H and O–H groups in total. The van der Waals surface area contributed by atoms with Crippen LogP contribution in [0.5, 0.6) is 0 Å². The van der Waals surface area contributed by atoms with Crippen LogP contribution in [0, 0.1) is 0 Å². The van der Waals surface area contributed by atoms with E-state index < -0.39 is 0 Å². The van der Waals surface area contributed by atoms with E-state index in [1.807, 2.05) is 30.5 Å². The number of aromatic nitrogens is 1. The first-order valence-corrected chi connectivity index (χ1v) is 7.58. The predicted molar refractivity (Wildman–Crippen MR) is 85.4 cm³/mol. The number of rotatable bonds is 8. The van der Waals surface area contributed by atoms with Crippen LogP contribution in [-0.2, 0) is 0 Å². The van der Waals surface area contributed by atoms with Gasteiger partial charge in [-0.2, -0.15) is 0 Å². The van der Waals surface area contributed by atoms with Gasteiger partial charge in [0.2, 0.25) is 0 Å². The molecule has 2 rings (SSSR count). The molecule has 0 bridgehead atoms. The highest BCUT2D eigenvalue weighted by Crippen LogP contribution is 2.24. The molecule has 2 aromatic rings. The molecule has 0 radical (unpaired) electrons. The number of aliphatic hydroxyl groups is 1. The summed E-state index contributed by atoms with van der Waals surface area (Å²) in [6.07, 6.45) is 7.37. The van der Waals surface area contributed by atoms with E-state index in [1.54, 1.807) is 0 Å². The SMILES string of the molecule is OCCCCCCCNc1ccnc2cc(Cl)ccc12. The topological polar surface area (TPSA) is 45.1 Å². The van der Waals surface area contributed by atoms with Crippen LogP contribution in [0.4, 0.5) is 5.69 Å². The summed E-state index contributed by atoms with van der Waals surface area (Å²) in [5, 5.41) is 14.0. The molecule has 0 fully saturated rings. The van der Waals surface area contributed by atoms with Crippen molar-refractivity contribution in [2.75, 3.05) is 18.5 Å². The van der Waals surface area contributed by atoms with Crippen LogP contribution >= 0.6 is 11.6 Å². The van der Waals surface area contributed by atoms with Crippen LogP contribution in [0.3, 0.4) is 0 Å². The molecule has 3 nitrogen and oxygen atoms in total. The van der Waals surface area contributed by atoms with E-state index in [4.69, 9.17) is 16.7 Å². The van der Waals surface area contributed by atoms with Crippen molar-refractivity contribution in [3.8, 4) is 0 Å². The normalized spacial score (nSPS) is 10.9. The van der Waals surface area contributed by atoms with Crippen molar-refractivity contribution in [3.63, 3.8) is 0 Å². The van der Waals surface area contributed by atoms with Gasteiger partial charge in [0.05, 0.1) is 5.52 Å². The second kappa shape index (κ2) is 8.08. The van der Waals surface area contributed by atoms with Crippen molar-refractivity contribution >= 4 is 28.2 Å². The van der Waals surface area contributed by atoms with Gasteiger partial charge in [-0.3, -0.25) is 4.98 Å². The first-order valence-electron chi connectivity index (χ1n) is 7.20. The number of nitrogens with zero attached hydrogens (tertiary/aromatic N) is 1. The van der Waals surface area contributed by atoms with E-state index in [0.29, 0.717) is 11.6 Å². The van der Waals surface area contributed by atoms with Gasteiger partial charge in [-0.25, -0.2) is 0 Å². The van der Waals surface area contributed by atoms with Crippen molar-refractivity contribution in [1.29, 1.82) is 0 Å². The number of halogens is 1. The number of hydrogen-bond donors (Lipinski definition) is 2. The minimum absolute atomic E-state index is 0.309. The molecule has 4 heteroatoms. The number of unbranched alkanes of at least 4 members (excludes halogenated alkanes) is 4. The number of anilines is 1. The summed E-state index contributed by atoms with van der Waals surface area (Å²) in [6, 6.07) is 7.79. The maximum Gasteiger partial charge on any atom is 0.0737 e. The zero-order chi connectivity index (χ0) is 14.2. The standard InChI is InChI=1S/C16H21ClN2O/c17-13-6-7-14-15(8-10-19-16(14)12-13)18-9-4-2-1-3-5-11-20/h6-8,10,12,20H,1-5,9,11H2,(H,18,19). The highest BCUT2D eigenvalue weighted by Gasteiger charge is 2.02. The van der Waals surface area contributed by atoms with E-state index in [0.717, 1.165) is 42.4 Å². The first kappa shape index (κ1) is 15.1. The molecule has 0 aliphatic carbocycles. The fourth-order valence-corrected chi connectivity index (χ4v) is 2.43. The number of benzene rings is 1. The zero-order valence-electron chi connectivity index (χ0n) is 11.6. The minimum Gasteiger partial charge on any atom is -0.396 e. The van der Waals surface area contributed by atoms with Gasteiger partial charge in [-0.15, -0.1) is 0 Å². The number of aliphatic hydroxyl groups excluding tert-OH is 1. The van der Waals surface area contributed by atoms with Crippen LogP contribution in [0.15, 0.2) is 30.5 Å². The van der Waals surface area contributed by atoms with Gasteiger partial charge in [-0.1, -0.05) is 30.9 Å². The Morgan fingerprint density at radius 1 is 1.05 bits per heavy atom. The summed E-state index contributed by atoms with van der Waals surface area (Å²) in [7, 11) is 0. The number of hydrogen-bond acceptors (Lipinski definition) is 3. The molecule has 1 aromatic heterocycles. The molecule has 0 saturated heterocycles. The van der Waals surface area contributed by atoms with Crippen LogP contribution in [0.1, 0.15) is 32.1 Å². The van der Waals surface area contributed by atoms with E-state index in [9.17, 15) is 0 Å². The lowest BCUT2D eigenvalue weighted by Crippen LogP contribution is -2.02. The van der Waals surface area contributed by atoms with Gasteiger partial charge in [-0.05, 0) is 37.1 Å². The number of pyridine rings is 1. The third-order valence-electron chi connectivity index (χ3n) is 3.36. The Morgan fingerprint density at radius 3 is 2.70 bits per heavy atom. The van der Waals surface area contributed by atoms with E-state index in [1.165, 1.54) is 12.8 Å². The molecule has 20 heavy (non-hydrogen) atoms. The average molecular weight is 293 g/mol.